The molecule has 0 atom stereocenters. The summed E-state index contributed by atoms with van der Waals surface area (Å²) in [5.74, 6) is 4.76. The molecule has 0 saturated carbocycles. The molecule has 0 amide bonds. The van der Waals surface area contributed by atoms with Crippen LogP contribution in [0, 0.1) is 6.08 Å². The van der Waals surface area contributed by atoms with Crippen molar-refractivity contribution in [2.45, 2.75) is 58.0 Å². The molecule has 0 heterocycles. The molecule has 0 radical (unpaired) electrons. The van der Waals surface area contributed by atoms with Gasteiger partial charge < -0.3 is 17.2 Å². The smallest absolute Gasteiger partial charge is 4.00 e. The second-order valence-corrected chi connectivity index (χ2v) is 10.8. The fourth-order valence-electron chi connectivity index (χ4n) is 0.818. The van der Waals surface area contributed by atoms with Crippen molar-refractivity contribution in [3.63, 3.8) is 0 Å². The number of hydrogen-bond acceptors (Lipinski definition) is 0. The van der Waals surface area contributed by atoms with Crippen LogP contribution in [0.1, 0.15) is 46.5 Å². The number of allylic oxidation sites excluding steroid dienone is 4. The van der Waals surface area contributed by atoms with Gasteiger partial charge in [0.15, 0.2) is 0 Å². The van der Waals surface area contributed by atoms with Gasteiger partial charge in [-0.2, -0.15) is 19.6 Å². The molecule has 122 valence electrons. The third kappa shape index (κ3) is 33.6. The molecule has 5 heteroatoms. The molecule has 0 fully saturated rings. The van der Waals surface area contributed by atoms with E-state index in [1.165, 1.54) is 0 Å². The molecule has 0 aromatic rings. The Morgan fingerprint density at radius 1 is 0.952 bits per heavy atom. The Balaban J connectivity index is -0.0000000973. The van der Waals surface area contributed by atoms with E-state index in [4.69, 9.17) is 17.2 Å². The first kappa shape index (κ1) is 29.8. The predicted molar refractivity (Wildman–Crippen MR) is 97.8 cm³/mol. The Bertz CT molecular complexity index is 204. The van der Waals surface area contributed by atoms with Gasteiger partial charge in [0.25, 0.3) is 0 Å². The third-order valence-electron chi connectivity index (χ3n) is 2.09. The Labute approximate surface area is 157 Å². The Morgan fingerprint density at radius 3 is 1.38 bits per heavy atom. The maximum atomic E-state index is 6.45. The minimum atomic E-state index is -0.912. The second-order valence-electron chi connectivity index (χ2n) is 4.64. The van der Waals surface area contributed by atoms with Crippen molar-refractivity contribution in [3.05, 3.63) is 39.8 Å². The van der Waals surface area contributed by atoms with Gasteiger partial charge in [0.05, 0.1) is 0 Å². The summed E-state index contributed by atoms with van der Waals surface area (Å²) in [4.78, 5) is 0. The van der Waals surface area contributed by atoms with Gasteiger partial charge in [-0.25, -0.2) is 0 Å². The Morgan fingerprint density at radius 2 is 1.29 bits per heavy atom. The van der Waals surface area contributed by atoms with Crippen molar-refractivity contribution in [1.29, 1.82) is 0 Å². The van der Waals surface area contributed by atoms with Gasteiger partial charge in [-0.1, -0.05) is 40.0 Å². The zero-order chi connectivity index (χ0) is 16.2. The molecule has 1 rings (SSSR count). The van der Waals surface area contributed by atoms with Crippen LogP contribution in [0.3, 0.4) is 0 Å². The molecule has 0 unspecified atom stereocenters. The molecule has 1 aliphatic rings. The number of hydrogen-bond donors (Lipinski definition) is 0. The summed E-state index contributed by atoms with van der Waals surface area (Å²) in [7, 11) is 0. The van der Waals surface area contributed by atoms with E-state index in [-0.39, 0.29) is 26.2 Å². The van der Waals surface area contributed by atoms with Crippen molar-refractivity contribution in [2.75, 3.05) is 19.6 Å². The van der Waals surface area contributed by atoms with Crippen LogP contribution in [0.5, 0.6) is 0 Å². The van der Waals surface area contributed by atoms with Crippen molar-refractivity contribution >= 4 is 14.3 Å². The predicted octanol–water partition coefficient (Wildman–Crippen LogP) is 6.05. The van der Waals surface area contributed by atoms with E-state index in [9.17, 15) is 0 Å². The van der Waals surface area contributed by atoms with E-state index < -0.39 is 14.3 Å². The van der Waals surface area contributed by atoms with Crippen LogP contribution < -0.4 is 0 Å². The van der Waals surface area contributed by atoms with Crippen molar-refractivity contribution in [1.82, 2.24) is 0 Å². The topological polar surface area (TPSA) is 71.4 Å². The van der Waals surface area contributed by atoms with Crippen LogP contribution in [0.2, 0.25) is 11.5 Å². The second kappa shape index (κ2) is 28.9. The van der Waals surface area contributed by atoms with E-state index in [2.05, 4.69) is 29.7 Å². The summed E-state index contributed by atoms with van der Waals surface area (Å²) in [6.45, 7) is 7.69. The van der Waals surface area contributed by atoms with E-state index in [0.29, 0.717) is 19.6 Å². The summed E-state index contributed by atoms with van der Waals surface area (Å²) in [5, 5.41) is 0. The minimum Gasteiger partial charge on any atom is 4.00 e. The average Bonchev–Trinajstić information content (AvgIpc) is 3.02. The van der Waals surface area contributed by atoms with Crippen molar-refractivity contribution in [2.24, 2.45) is 0 Å². The third-order valence-corrected chi connectivity index (χ3v) is 5.54. The van der Waals surface area contributed by atoms with E-state index in [0.717, 1.165) is 25.7 Å². The van der Waals surface area contributed by atoms with Crippen LogP contribution in [0.25, 0.3) is 17.2 Å². The van der Waals surface area contributed by atoms with E-state index >= 15 is 0 Å². The normalized spacial score (nSPS) is 11.0. The minimum absolute atomic E-state index is 0. The van der Waals surface area contributed by atoms with E-state index in [1.807, 2.05) is 20.8 Å². The van der Waals surface area contributed by atoms with Crippen molar-refractivity contribution < 1.29 is 26.2 Å². The maximum Gasteiger partial charge on any atom is 4.00 e. The fraction of sp³-hybridized carbons (Fsp3) is 0.750. The zero-order valence-corrected chi connectivity index (χ0v) is 19.6. The molecular weight excluding hydrogens is 398 g/mol. The van der Waals surface area contributed by atoms with Gasteiger partial charge >= 0.3 is 81.1 Å². The molecule has 3 N–H and O–H groups in total. The first-order valence-corrected chi connectivity index (χ1v) is 13.8. The van der Waals surface area contributed by atoms with Crippen LogP contribution in [0.15, 0.2) is 16.6 Å². The Hall–Kier alpha value is 0.786. The van der Waals surface area contributed by atoms with Crippen LogP contribution in [-0.2, 0) is 26.2 Å². The van der Waals surface area contributed by atoms with Gasteiger partial charge in [0, 0.05) is 0 Å². The van der Waals surface area contributed by atoms with Gasteiger partial charge in [0.1, 0.15) is 0 Å². The molecule has 0 bridgehead atoms. The number of nitrogens with one attached hydrogen (secondary N) is 3. The molecule has 0 aromatic carbocycles. The molecule has 1 aliphatic carbocycles. The largest absolute Gasteiger partial charge is 4.00 e. The number of rotatable bonds is 4. The summed E-state index contributed by atoms with van der Waals surface area (Å²) in [5.41, 5.74) is 19.4. The van der Waals surface area contributed by atoms with Gasteiger partial charge in [-0.15, -0.1) is 0 Å². The first-order valence-electron chi connectivity index (χ1n) is 7.76. The molecule has 3 nitrogen and oxygen atoms in total. The monoisotopic (exact) mass is 433 g/mol. The summed E-state index contributed by atoms with van der Waals surface area (Å²) in [6, 6.07) is 0. The fourth-order valence-corrected chi connectivity index (χ4v) is 3.02. The van der Waals surface area contributed by atoms with Gasteiger partial charge in [0.2, 0.25) is 0 Å². The van der Waals surface area contributed by atoms with Gasteiger partial charge in [-0.05, 0) is 0 Å². The summed E-state index contributed by atoms with van der Waals surface area (Å²) < 4.78 is 1.55. The zero-order valence-electron chi connectivity index (χ0n) is 14.7. The quantitative estimate of drug-likeness (QED) is 0.383. The summed E-state index contributed by atoms with van der Waals surface area (Å²) >= 11 is -0.912. The molecular formula is C16H35GeN3Zr. The summed E-state index contributed by atoms with van der Waals surface area (Å²) in [6.07, 6.45) is 11.8. The molecule has 0 saturated heterocycles. The van der Waals surface area contributed by atoms with Crippen LogP contribution >= 0.6 is 0 Å². The van der Waals surface area contributed by atoms with Crippen molar-refractivity contribution in [3.8, 4) is 0 Å². The van der Waals surface area contributed by atoms with Crippen LogP contribution in [0.4, 0.5) is 0 Å². The molecule has 0 aliphatic heterocycles. The van der Waals surface area contributed by atoms with Gasteiger partial charge in [-0.3, -0.25) is 0 Å². The average molecular weight is 433 g/mol. The molecule has 0 aromatic heterocycles. The maximum absolute atomic E-state index is 6.45. The SMILES string of the molecule is CCC[NH-].CCC[NH-].CCC[NH-].[CH3][GeH]([CH3])[C]1=[C-]CC=C1.[Zr+4]. The molecule has 0 spiro atoms. The molecule has 21 heavy (non-hydrogen) atoms. The first-order chi connectivity index (χ1) is 9.55. The Kier molecular flexibility index (Phi) is 40.9. The van der Waals surface area contributed by atoms with Crippen LogP contribution in [-0.4, -0.2) is 34.0 Å². The van der Waals surface area contributed by atoms with E-state index in [1.54, 1.807) is 4.41 Å². The standard InChI is InChI=1S/C7H11Ge.3C3H8N.Zr/c1-8(2)7-5-3-4-6-7;3*1-2-3-4;/h3,5,8H,4H2,1-2H3;3*4H,2-3H2,1H3;/q4*-1;+4.